The Kier molecular flexibility index (Phi) is 4.52. The van der Waals surface area contributed by atoms with Gasteiger partial charge in [-0.1, -0.05) is 0 Å². The van der Waals surface area contributed by atoms with Crippen LogP contribution in [0, 0.1) is 27.3 Å². The molecule has 0 heterocycles. The van der Waals surface area contributed by atoms with E-state index < -0.39 is 31.3 Å². The summed E-state index contributed by atoms with van der Waals surface area (Å²) in [5.41, 5.74) is -0.520. The standard InChI is InChI=1S/C10H10FN3O4S/c1-13(6-2-5-12)19(17,18)10-7-8(14(15)16)3-4-9(10)11/h3-4,7H,2,6H2,1H3. The van der Waals surface area contributed by atoms with Gasteiger partial charge in [0.25, 0.3) is 5.69 Å². The minimum Gasteiger partial charge on any atom is -0.258 e. The second-order valence-electron chi connectivity index (χ2n) is 3.61. The zero-order valence-corrected chi connectivity index (χ0v) is 10.7. The van der Waals surface area contributed by atoms with Crippen LogP contribution in [0.25, 0.3) is 0 Å². The Morgan fingerprint density at radius 2 is 2.16 bits per heavy atom. The van der Waals surface area contributed by atoms with Gasteiger partial charge in [-0.2, -0.15) is 9.57 Å². The first-order valence-corrected chi connectivity index (χ1v) is 6.52. The van der Waals surface area contributed by atoms with E-state index in [0.29, 0.717) is 6.07 Å². The van der Waals surface area contributed by atoms with Crippen molar-refractivity contribution >= 4 is 15.7 Å². The van der Waals surface area contributed by atoms with Crippen molar-refractivity contribution in [3.63, 3.8) is 0 Å². The van der Waals surface area contributed by atoms with Crippen LogP contribution in [0.2, 0.25) is 0 Å². The van der Waals surface area contributed by atoms with E-state index in [2.05, 4.69) is 0 Å². The molecule has 0 N–H and O–H groups in total. The SMILES string of the molecule is CN(CCC#N)S(=O)(=O)c1cc([N+](=O)[O-])ccc1F. The number of hydrogen-bond acceptors (Lipinski definition) is 5. The molecule has 0 aromatic heterocycles. The van der Waals surface area contributed by atoms with Gasteiger partial charge in [-0.3, -0.25) is 10.1 Å². The smallest absolute Gasteiger partial charge is 0.258 e. The summed E-state index contributed by atoms with van der Waals surface area (Å²) in [7, 11) is -3.02. The molecular weight excluding hydrogens is 277 g/mol. The molecule has 102 valence electrons. The summed E-state index contributed by atoms with van der Waals surface area (Å²) in [6.45, 7) is -0.124. The van der Waals surface area contributed by atoms with E-state index >= 15 is 0 Å². The number of sulfonamides is 1. The van der Waals surface area contributed by atoms with Crippen molar-refractivity contribution in [1.29, 1.82) is 5.26 Å². The lowest BCUT2D eigenvalue weighted by atomic mass is 10.3. The van der Waals surface area contributed by atoms with E-state index in [4.69, 9.17) is 5.26 Å². The molecule has 1 aromatic carbocycles. The van der Waals surface area contributed by atoms with Gasteiger partial charge in [-0.25, -0.2) is 12.8 Å². The molecule has 7 nitrogen and oxygen atoms in total. The van der Waals surface area contributed by atoms with Gasteiger partial charge in [-0.05, 0) is 6.07 Å². The predicted molar refractivity (Wildman–Crippen MR) is 63.1 cm³/mol. The van der Waals surface area contributed by atoms with Gasteiger partial charge >= 0.3 is 0 Å². The topological polar surface area (TPSA) is 104 Å². The summed E-state index contributed by atoms with van der Waals surface area (Å²) in [6, 6.07) is 4.02. The number of halogens is 1. The van der Waals surface area contributed by atoms with Crippen molar-refractivity contribution in [3.8, 4) is 6.07 Å². The Morgan fingerprint density at radius 3 is 2.68 bits per heavy atom. The van der Waals surface area contributed by atoms with E-state index in [0.717, 1.165) is 16.4 Å². The number of rotatable bonds is 5. The summed E-state index contributed by atoms with van der Waals surface area (Å²) >= 11 is 0. The molecule has 0 aliphatic carbocycles. The molecule has 0 saturated heterocycles. The van der Waals surface area contributed by atoms with Crippen LogP contribution < -0.4 is 0 Å². The van der Waals surface area contributed by atoms with E-state index in [-0.39, 0.29) is 13.0 Å². The molecule has 0 atom stereocenters. The highest BCUT2D eigenvalue weighted by Gasteiger charge is 2.26. The molecule has 0 bridgehead atoms. The van der Waals surface area contributed by atoms with E-state index in [1.807, 2.05) is 0 Å². The molecule has 0 saturated carbocycles. The van der Waals surface area contributed by atoms with Crippen LogP contribution in [0.5, 0.6) is 0 Å². The minimum absolute atomic E-state index is 0.0632. The monoisotopic (exact) mass is 287 g/mol. The lowest BCUT2D eigenvalue weighted by molar-refractivity contribution is -0.385. The highest BCUT2D eigenvalue weighted by Crippen LogP contribution is 2.23. The van der Waals surface area contributed by atoms with Crippen molar-refractivity contribution in [1.82, 2.24) is 4.31 Å². The minimum atomic E-state index is -4.20. The van der Waals surface area contributed by atoms with Crippen LogP contribution in [0.15, 0.2) is 23.1 Å². The highest BCUT2D eigenvalue weighted by atomic mass is 32.2. The summed E-state index contributed by atoms with van der Waals surface area (Å²) in [5.74, 6) is -1.07. The number of nitriles is 1. The van der Waals surface area contributed by atoms with Crippen LogP contribution >= 0.6 is 0 Å². The van der Waals surface area contributed by atoms with Gasteiger partial charge in [-0.15, -0.1) is 0 Å². The summed E-state index contributed by atoms with van der Waals surface area (Å²) in [6.07, 6.45) is -0.0632. The first-order chi connectivity index (χ1) is 8.80. The van der Waals surface area contributed by atoms with Gasteiger partial charge in [0, 0.05) is 32.1 Å². The number of benzene rings is 1. The zero-order chi connectivity index (χ0) is 14.6. The van der Waals surface area contributed by atoms with Crippen LogP contribution in [0.1, 0.15) is 6.42 Å². The maximum absolute atomic E-state index is 13.5. The maximum atomic E-state index is 13.5. The van der Waals surface area contributed by atoms with Crippen molar-refractivity contribution in [2.75, 3.05) is 13.6 Å². The van der Waals surface area contributed by atoms with Crippen molar-refractivity contribution in [2.45, 2.75) is 11.3 Å². The Balaban J connectivity index is 3.24. The molecule has 0 radical (unpaired) electrons. The predicted octanol–water partition coefficient (Wildman–Crippen LogP) is 1.27. The molecule has 0 spiro atoms. The third-order valence-electron chi connectivity index (χ3n) is 2.35. The van der Waals surface area contributed by atoms with Crippen molar-refractivity contribution in [2.24, 2.45) is 0 Å². The molecule has 0 aliphatic heterocycles. The number of nitro benzene ring substituents is 1. The molecule has 0 fully saturated rings. The van der Waals surface area contributed by atoms with Gasteiger partial charge in [0.05, 0.1) is 11.0 Å². The Labute approximate surface area is 109 Å². The average molecular weight is 287 g/mol. The molecule has 9 heteroatoms. The quantitative estimate of drug-likeness (QED) is 0.599. The molecule has 1 rings (SSSR count). The summed E-state index contributed by atoms with van der Waals surface area (Å²) < 4.78 is 38.3. The number of nitrogens with zero attached hydrogens (tertiary/aromatic N) is 3. The molecule has 1 aromatic rings. The lowest BCUT2D eigenvalue weighted by Crippen LogP contribution is -2.28. The second-order valence-corrected chi connectivity index (χ2v) is 5.62. The molecule has 0 amide bonds. The van der Waals surface area contributed by atoms with E-state index in [1.165, 1.54) is 7.05 Å². The molecule has 19 heavy (non-hydrogen) atoms. The fourth-order valence-corrected chi connectivity index (χ4v) is 2.55. The Morgan fingerprint density at radius 1 is 1.53 bits per heavy atom. The second kappa shape index (κ2) is 5.73. The molecule has 0 unspecified atom stereocenters. The molecule has 0 aliphatic rings. The third kappa shape index (κ3) is 3.24. The average Bonchev–Trinajstić information content (AvgIpc) is 2.35. The van der Waals surface area contributed by atoms with Gasteiger partial charge in [0.2, 0.25) is 10.0 Å². The third-order valence-corrected chi connectivity index (χ3v) is 4.22. The number of nitro groups is 1. The first kappa shape index (κ1) is 15.0. The Hall–Kier alpha value is -2.05. The van der Waals surface area contributed by atoms with Gasteiger partial charge in [0.15, 0.2) is 0 Å². The Bertz CT molecular complexity index is 639. The van der Waals surface area contributed by atoms with Crippen LogP contribution in [-0.4, -0.2) is 31.2 Å². The van der Waals surface area contributed by atoms with Gasteiger partial charge < -0.3 is 0 Å². The van der Waals surface area contributed by atoms with Crippen LogP contribution in [-0.2, 0) is 10.0 Å². The van der Waals surface area contributed by atoms with Crippen LogP contribution in [0.3, 0.4) is 0 Å². The number of non-ortho nitro benzene ring substituents is 1. The fraction of sp³-hybridized carbons (Fsp3) is 0.300. The lowest BCUT2D eigenvalue weighted by Gasteiger charge is -2.15. The normalized spacial score (nSPS) is 11.3. The van der Waals surface area contributed by atoms with Crippen molar-refractivity contribution < 1.29 is 17.7 Å². The highest BCUT2D eigenvalue weighted by molar-refractivity contribution is 7.89. The molecular formula is C10H10FN3O4S. The largest absolute Gasteiger partial charge is 0.270 e. The van der Waals surface area contributed by atoms with Gasteiger partial charge in [0.1, 0.15) is 10.7 Å². The zero-order valence-electron chi connectivity index (χ0n) is 9.91. The maximum Gasteiger partial charge on any atom is 0.270 e. The summed E-state index contributed by atoms with van der Waals surface area (Å²) in [4.78, 5) is 8.98. The first-order valence-electron chi connectivity index (χ1n) is 5.08. The van der Waals surface area contributed by atoms with Crippen molar-refractivity contribution in [3.05, 3.63) is 34.1 Å². The number of hydrogen-bond donors (Lipinski definition) is 0. The van der Waals surface area contributed by atoms with E-state index in [9.17, 15) is 22.9 Å². The summed E-state index contributed by atoms with van der Waals surface area (Å²) in [5, 5.41) is 19.0. The van der Waals surface area contributed by atoms with E-state index in [1.54, 1.807) is 6.07 Å². The van der Waals surface area contributed by atoms with Crippen LogP contribution in [0.4, 0.5) is 10.1 Å². The fourth-order valence-electron chi connectivity index (χ4n) is 1.30.